The van der Waals surface area contributed by atoms with Crippen molar-refractivity contribution < 1.29 is 9.18 Å². The van der Waals surface area contributed by atoms with Gasteiger partial charge in [0.1, 0.15) is 5.82 Å². The first-order valence-electron chi connectivity index (χ1n) is 7.80. The molecular formula is C19H18FN3O. The number of allylic oxidation sites excluding steroid dienone is 1. The number of rotatable bonds is 5. The van der Waals surface area contributed by atoms with Gasteiger partial charge in [-0.25, -0.2) is 4.39 Å². The maximum atomic E-state index is 13.0. The first kappa shape index (κ1) is 15.9. The zero-order valence-corrected chi connectivity index (χ0v) is 13.4. The van der Waals surface area contributed by atoms with E-state index in [1.807, 2.05) is 16.8 Å². The quantitative estimate of drug-likeness (QED) is 0.716. The van der Waals surface area contributed by atoms with Gasteiger partial charge in [0, 0.05) is 10.9 Å². The van der Waals surface area contributed by atoms with E-state index in [-0.39, 0.29) is 11.7 Å². The van der Waals surface area contributed by atoms with Crippen LogP contribution in [0.2, 0.25) is 0 Å². The number of aryl methyl sites for hydroxylation is 1. The van der Waals surface area contributed by atoms with E-state index >= 15 is 0 Å². The standard InChI is InChI=1S/C19H18FN3O/c1-3-12-23-17-13(4-2)6-5-7-16(17)18(22-23)21-19(24)14-8-10-15(20)11-9-14/h3,5-11H,1,4,12H2,2H3,(H,21,22,24). The number of amides is 1. The Kier molecular flexibility index (Phi) is 4.42. The Labute approximate surface area is 139 Å². The molecule has 4 nitrogen and oxygen atoms in total. The number of fused-ring (bicyclic) bond motifs is 1. The molecule has 0 unspecified atom stereocenters. The molecule has 0 radical (unpaired) electrons. The summed E-state index contributed by atoms with van der Waals surface area (Å²) < 4.78 is 14.8. The summed E-state index contributed by atoms with van der Waals surface area (Å²) in [7, 11) is 0. The van der Waals surface area contributed by atoms with Crippen molar-refractivity contribution in [2.24, 2.45) is 0 Å². The number of aromatic nitrogens is 2. The Morgan fingerprint density at radius 3 is 2.71 bits per heavy atom. The van der Waals surface area contributed by atoms with Gasteiger partial charge >= 0.3 is 0 Å². The molecule has 122 valence electrons. The van der Waals surface area contributed by atoms with E-state index in [1.54, 1.807) is 6.08 Å². The molecule has 1 aromatic heterocycles. The second-order valence-corrected chi connectivity index (χ2v) is 5.45. The van der Waals surface area contributed by atoms with Gasteiger partial charge in [-0.1, -0.05) is 25.1 Å². The van der Waals surface area contributed by atoms with Gasteiger partial charge in [-0.2, -0.15) is 5.10 Å². The highest BCUT2D eigenvalue weighted by molar-refractivity contribution is 6.08. The van der Waals surface area contributed by atoms with E-state index in [0.717, 1.165) is 22.9 Å². The van der Waals surface area contributed by atoms with Gasteiger partial charge in [0.15, 0.2) is 5.82 Å². The molecule has 1 heterocycles. The van der Waals surface area contributed by atoms with E-state index in [1.165, 1.54) is 24.3 Å². The van der Waals surface area contributed by atoms with Crippen LogP contribution in [0.15, 0.2) is 55.1 Å². The van der Waals surface area contributed by atoms with Crippen LogP contribution in [0.5, 0.6) is 0 Å². The van der Waals surface area contributed by atoms with Gasteiger partial charge in [0.05, 0.1) is 12.1 Å². The van der Waals surface area contributed by atoms with Crippen molar-refractivity contribution in [1.82, 2.24) is 9.78 Å². The fourth-order valence-corrected chi connectivity index (χ4v) is 2.72. The van der Waals surface area contributed by atoms with Crippen molar-refractivity contribution in [3.8, 4) is 0 Å². The van der Waals surface area contributed by atoms with Gasteiger partial charge in [-0.05, 0) is 42.3 Å². The summed E-state index contributed by atoms with van der Waals surface area (Å²) in [5.74, 6) is -0.196. The molecule has 0 saturated carbocycles. The molecule has 2 aromatic carbocycles. The molecule has 0 aliphatic heterocycles. The van der Waals surface area contributed by atoms with Crippen molar-refractivity contribution in [3.63, 3.8) is 0 Å². The molecule has 3 rings (SSSR count). The molecule has 0 bridgehead atoms. The van der Waals surface area contributed by atoms with Crippen LogP contribution < -0.4 is 5.32 Å². The van der Waals surface area contributed by atoms with Crippen LogP contribution in [0.1, 0.15) is 22.8 Å². The largest absolute Gasteiger partial charge is 0.305 e. The molecule has 0 spiro atoms. The molecular weight excluding hydrogens is 305 g/mol. The van der Waals surface area contributed by atoms with E-state index in [0.29, 0.717) is 17.9 Å². The third-order valence-corrected chi connectivity index (χ3v) is 3.87. The smallest absolute Gasteiger partial charge is 0.256 e. The fraction of sp³-hybridized carbons (Fsp3) is 0.158. The van der Waals surface area contributed by atoms with Crippen LogP contribution in [0.4, 0.5) is 10.2 Å². The summed E-state index contributed by atoms with van der Waals surface area (Å²) in [4.78, 5) is 12.4. The van der Waals surface area contributed by atoms with E-state index in [4.69, 9.17) is 0 Å². The third kappa shape index (κ3) is 2.93. The van der Waals surface area contributed by atoms with Crippen molar-refractivity contribution >= 4 is 22.6 Å². The van der Waals surface area contributed by atoms with Crippen molar-refractivity contribution in [3.05, 3.63) is 72.1 Å². The number of hydrogen-bond donors (Lipinski definition) is 1. The Morgan fingerprint density at radius 2 is 2.04 bits per heavy atom. The van der Waals surface area contributed by atoms with E-state index < -0.39 is 0 Å². The molecule has 0 saturated heterocycles. The van der Waals surface area contributed by atoms with Gasteiger partial charge in [0.25, 0.3) is 5.91 Å². The van der Waals surface area contributed by atoms with E-state index in [2.05, 4.69) is 30.0 Å². The Morgan fingerprint density at radius 1 is 1.29 bits per heavy atom. The molecule has 3 aromatic rings. The average molecular weight is 323 g/mol. The highest BCUT2D eigenvalue weighted by atomic mass is 19.1. The highest BCUT2D eigenvalue weighted by Crippen LogP contribution is 2.27. The predicted molar refractivity (Wildman–Crippen MR) is 93.7 cm³/mol. The van der Waals surface area contributed by atoms with Gasteiger partial charge in [-0.3, -0.25) is 9.48 Å². The van der Waals surface area contributed by atoms with Crippen LogP contribution in [-0.2, 0) is 13.0 Å². The van der Waals surface area contributed by atoms with Gasteiger partial charge in [0.2, 0.25) is 0 Å². The number of nitrogens with one attached hydrogen (secondary N) is 1. The molecule has 0 aliphatic carbocycles. The fourth-order valence-electron chi connectivity index (χ4n) is 2.72. The van der Waals surface area contributed by atoms with Crippen LogP contribution in [0.3, 0.4) is 0 Å². The normalized spacial score (nSPS) is 10.8. The lowest BCUT2D eigenvalue weighted by atomic mass is 10.1. The number of carbonyl (C=O) groups excluding carboxylic acids is 1. The summed E-state index contributed by atoms with van der Waals surface area (Å²) in [5.41, 5.74) is 2.54. The summed E-state index contributed by atoms with van der Waals surface area (Å²) in [6.07, 6.45) is 2.63. The summed E-state index contributed by atoms with van der Waals surface area (Å²) in [5, 5.41) is 8.21. The van der Waals surface area contributed by atoms with E-state index in [9.17, 15) is 9.18 Å². The lowest BCUT2D eigenvalue weighted by molar-refractivity contribution is 0.102. The Hall–Kier alpha value is -2.95. The number of nitrogens with zero attached hydrogens (tertiary/aromatic N) is 2. The molecule has 1 amide bonds. The first-order chi connectivity index (χ1) is 11.6. The van der Waals surface area contributed by atoms with Gasteiger partial charge < -0.3 is 5.32 Å². The summed E-state index contributed by atoms with van der Waals surface area (Å²) in [6, 6.07) is 11.4. The maximum Gasteiger partial charge on any atom is 0.256 e. The minimum Gasteiger partial charge on any atom is -0.305 e. The molecule has 0 atom stereocenters. The highest BCUT2D eigenvalue weighted by Gasteiger charge is 2.15. The average Bonchev–Trinajstić information content (AvgIpc) is 2.93. The zero-order valence-electron chi connectivity index (χ0n) is 13.4. The number of benzene rings is 2. The zero-order chi connectivity index (χ0) is 17.1. The van der Waals surface area contributed by atoms with Crippen LogP contribution in [-0.4, -0.2) is 15.7 Å². The SMILES string of the molecule is C=CCn1nc(NC(=O)c2ccc(F)cc2)c2cccc(CC)c21. The Balaban J connectivity index is 2.01. The van der Waals surface area contributed by atoms with Crippen molar-refractivity contribution in [2.45, 2.75) is 19.9 Å². The number of hydrogen-bond acceptors (Lipinski definition) is 2. The molecule has 24 heavy (non-hydrogen) atoms. The number of halogens is 1. The monoisotopic (exact) mass is 323 g/mol. The number of anilines is 1. The molecule has 0 aliphatic rings. The van der Waals surface area contributed by atoms with Crippen molar-refractivity contribution in [1.29, 1.82) is 0 Å². The van der Waals surface area contributed by atoms with Crippen molar-refractivity contribution in [2.75, 3.05) is 5.32 Å². The summed E-state index contributed by atoms with van der Waals surface area (Å²) in [6.45, 7) is 6.40. The molecule has 5 heteroatoms. The Bertz CT molecular complexity index is 897. The molecule has 1 N–H and O–H groups in total. The van der Waals surface area contributed by atoms with Crippen LogP contribution in [0, 0.1) is 5.82 Å². The minimum absolute atomic E-state index is 0.318. The summed E-state index contributed by atoms with van der Waals surface area (Å²) >= 11 is 0. The minimum atomic E-state index is -0.375. The lowest BCUT2D eigenvalue weighted by Crippen LogP contribution is -2.12. The van der Waals surface area contributed by atoms with Crippen LogP contribution >= 0.6 is 0 Å². The number of para-hydroxylation sites is 1. The molecule has 0 fully saturated rings. The first-order valence-corrected chi connectivity index (χ1v) is 7.80. The maximum absolute atomic E-state index is 13.0. The van der Waals surface area contributed by atoms with Gasteiger partial charge in [-0.15, -0.1) is 6.58 Å². The topological polar surface area (TPSA) is 46.9 Å². The predicted octanol–water partition coefficient (Wildman–Crippen LogP) is 4.18. The second kappa shape index (κ2) is 6.66. The number of carbonyl (C=O) groups is 1. The lowest BCUT2D eigenvalue weighted by Gasteiger charge is -2.04. The van der Waals surface area contributed by atoms with Crippen LogP contribution in [0.25, 0.3) is 10.9 Å². The third-order valence-electron chi connectivity index (χ3n) is 3.87. The second-order valence-electron chi connectivity index (χ2n) is 5.45.